The largest absolute Gasteiger partial charge is 0.379 e. The van der Waals surface area contributed by atoms with Crippen LogP contribution in [0.25, 0.3) is 0 Å². The first-order chi connectivity index (χ1) is 9.50. The van der Waals surface area contributed by atoms with Crippen molar-refractivity contribution in [3.63, 3.8) is 0 Å². The second-order valence-electron chi connectivity index (χ2n) is 5.68. The monoisotopic (exact) mass is 281 g/mol. The van der Waals surface area contributed by atoms with Crippen molar-refractivity contribution in [2.75, 3.05) is 32.8 Å². The van der Waals surface area contributed by atoms with E-state index in [1.165, 1.54) is 6.33 Å². The van der Waals surface area contributed by atoms with Gasteiger partial charge in [0.2, 0.25) is 5.91 Å². The fourth-order valence-corrected chi connectivity index (χ4v) is 2.27. The van der Waals surface area contributed by atoms with E-state index in [0.717, 1.165) is 26.3 Å². The van der Waals surface area contributed by atoms with Crippen LogP contribution in [0, 0.1) is 0 Å². The molecule has 1 atom stereocenters. The van der Waals surface area contributed by atoms with Crippen LogP contribution in [0.5, 0.6) is 0 Å². The Hall–Kier alpha value is -1.47. The van der Waals surface area contributed by atoms with E-state index in [2.05, 4.69) is 34.1 Å². The van der Waals surface area contributed by atoms with Crippen LogP contribution >= 0.6 is 0 Å². The molecule has 0 saturated carbocycles. The van der Waals surface area contributed by atoms with E-state index in [9.17, 15) is 4.79 Å². The van der Waals surface area contributed by atoms with Gasteiger partial charge in [0.15, 0.2) is 0 Å². The number of carbonyl (C=O) groups excluding carboxylic acids is 1. The zero-order valence-electron chi connectivity index (χ0n) is 12.4. The number of carbonyl (C=O) groups is 1. The zero-order valence-corrected chi connectivity index (χ0v) is 12.4. The summed E-state index contributed by atoms with van der Waals surface area (Å²) in [5.74, 6) is -0.0446. The van der Waals surface area contributed by atoms with Gasteiger partial charge in [0.25, 0.3) is 0 Å². The average Bonchev–Trinajstić information content (AvgIpc) is 2.99. The zero-order chi connectivity index (χ0) is 14.6. The van der Waals surface area contributed by atoms with E-state index in [4.69, 9.17) is 4.74 Å². The van der Waals surface area contributed by atoms with Crippen molar-refractivity contribution in [3.05, 3.63) is 12.7 Å². The minimum Gasteiger partial charge on any atom is -0.379 e. The fourth-order valence-electron chi connectivity index (χ4n) is 2.27. The Kier molecular flexibility index (Phi) is 4.72. The molecular weight excluding hydrogens is 258 g/mol. The molecule has 7 nitrogen and oxygen atoms in total. The Morgan fingerprint density at radius 3 is 2.75 bits per heavy atom. The summed E-state index contributed by atoms with van der Waals surface area (Å²) < 4.78 is 6.91. The van der Waals surface area contributed by atoms with Crippen LogP contribution in [0.15, 0.2) is 12.7 Å². The maximum atomic E-state index is 12.1. The second kappa shape index (κ2) is 6.32. The van der Waals surface area contributed by atoms with Gasteiger partial charge in [0, 0.05) is 25.2 Å². The Balaban J connectivity index is 1.85. The van der Waals surface area contributed by atoms with Crippen molar-refractivity contribution in [3.8, 4) is 0 Å². The van der Waals surface area contributed by atoms with Crippen LogP contribution in [0.3, 0.4) is 0 Å². The molecule has 2 rings (SSSR count). The second-order valence-corrected chi connectivity index (χ2v) is 5.68. The number of nitrogens with zero attached hydrogens (tertiary/aromatic N) is 4. The topological polar surface area (TPSA) is 72.3 Å². The summed E-state index contributed by atoms with van der Waals surface area (Å²) >= 11 is 0. The molecule has 7 heteroatoms. The van der Waals surface area contributed by atoms with Crippen molar-refractivity contribution in [2.45, 2.75) is 32.4 Å². The molecule has 1 amide bonds. The maximum Gasteiger partial charge on any atom is 0.244 e. The number of aromatic nitrogens is 3. The Labute approximate surface area is 119 Å². The highest BCUT2D eigenvalue weighted by Gasteiger charge is 2.29. The lowest BCUT2D eigenvalue weighted by molar-refractivity contribution is -0.125. The Morgan fingerprint density at radius 2 is 2.15 bits per heavy atom. The molecule has 1 aromatic heterocycles. The van der Waals surface area contributed by atoms with Crippen LogP contribution in [0.2, 0.25) is 0 Å². The van der Waals surface area contributed by atoms with Gasteiger partial charge in [-0.15, -0.1) is 0 Å². The molecule has 1 aliphatic heterocycles. The Bertz CT molecular complexity index is 426. The maximum absolute atomic E-state index is 12.1. The third-order valence-electron chi connectivity index (χ3n) is 3.78. The van der Waals surface area contributed by atoms with Gasteiger partial charge >= 0.3 is 0 Å². The van der Waals surface area contributed by atoms with E-state index in [-0.39, 0.29) is 17.5 Å². The number of morpholine rings is 1. The average molecular weight is 281 g/mol. The minimum atomic E-state index is -0.349. The molecule has 1 aromatic rings. The summed E-state index contributed by atoms with van der Waals surface area (Å²) in [6.45, 7) is 10.0. The first-order valence-electron chi connectivity index (χ1n) is 6.95. The SMILES string of the molecule is C[C@@H](C(=O)NCC(C)(C)N1CCOCC1)n1cncn1. The van der Waals surface area contributed by atoms with Gasteiger partial charge in [-0.3, -0.25) is 9.69 Å². The lowest BCUT2D eigenvalue weighted by atomic mass is 10.0. The van der Waals surface area contributed by atoms with Crippen molar-refractivity contribution in [1.82, 2.24) is 25.0 Å². The highest BCUT2D eigenvalue weighted by atomic mass is 16.5. The van der Waals surface area contributed by atoms with E-state index < -0.39 is 0 Å². The number of nitrogens with one attached hydrogen (secondary N) is 1. The molecule has 20 heavy (non-hydrogen) atoms. The van der Waals surface area contributed by atoms with Crippen molar-refractivity contribution in [2.24, 2.45) is 0 Å². The summed E-state index contributed by atoms with van der Waals surface area (Å²) in [6.07, 6.45) is 2.98. The van der Waals surface area contributed by atoms with Crippen LogP contribution in [0.4, 0.5) is 0 Å². The molecule has 1 aliphatic rings. The van der Waals surface area contributed by atoms with Gasteiger partial charge in [0.05, 0.1) is 13.2 Å². The van der Waals surface area contributed by atoms with E-state index in [1.54, 1.807) is 11.0 Å². The first-order valence-corrected chi connectivity index (χ1v) is 6.95. The molecule has 0 radical (unpaired) electrons. The quantitative estimate of drug-likeness (QED) is 0.826. The predicted molar refractivity (Wildman–Crippen MR) is 74.2 cm³/mol. The standard InChI is InChI=1S/C13H23N5O2/c1-11(18-10-14-9-16-18)12(19)15-8-13(2,3)17-4-6-20-7-5-17/h9-11H,4-8H2,1-3H3,(H,15,19)/t11-/m0/s1. The first kappa shape index (κ1) is 14.9. The normalized spacial score (nSPS) is 18.8. The van der Waals surface area contributed by atoms with Gasteiger partial charge in [-0.2, -0.15) is 5.10 Å². The van der Waals surface area contributed by atoms with Crippen LogP contribution in [-0.4, -0.2) is 64.0 Å². The smallest absolute Gasteiger partial charge is 0.244 e. The summed E-state index contributed by atoms with van der Waals surface area (Å²) in [5.41, 5.74) is -0.0818. The Morgan fingerprint density at radius 1 is 1.45 bits per heavy atom. The molecule has 112 valence electrons. The van der Waals surface area contributed by atoms with E-state index in [0.29, 0.717) is 6.54 Å². The van der Waals surface area contributed by atoms with Gasteiger partial charge in [-0.05, 0) is 20.8 Å². The summed E-state index contributed by atoms with van der Waals surface area (Å²) in [4.78, 5) is 18.3. The van der Waals surface area contributed by atoms with Crippen LogP contribution in [-0.2, 0) is 9.53 Å². The molecule has 2 heterocycles. The lowest BCUT2D eigenvalue weighted by Gasteiger charge is -2.41. The van der Waals surface area contributed by atoms with Crippen LogP contribution < -0.4 is 5.32 Å². The summed E-state index contributed by atoms with van der Waals surface area (Å²) in [6, 6.07) is -0.349. The molecule has 1 N–H and O–H groups in total. The fraction of sp³-hybridized carbons (Fsp3) is 0.769. The molecule has 1 fully saturated rings. The third-order valence-corrected chi connectivity index (χ3v) is 3.78. The molecule has 1 saturated heterocycles. The lowest BCUT2D eigenvalue weighted by Crippen LogP contribution is -2.55. The van der Waals surface area contributed by atoms with Crippen molar-refractivity contribution < 1.29 is 9.53 Å². The van der Waals surface area contributed by atoms with Crippen molar-refractivity contribution >= 4 is 5.91 Å². The van der Waals surface area contributed by atoms with Gasteiger partial charge in [-0.25, -0.2) is 9.67 Å². The highest BCUT2D eigenvalue weighted by molar-refractivity contribution is 5.79. The third kappa shape index (κ3) is 3.55. The predicted octanol–water partition coefficient (Wildman–Crippen LogP) is 0.0661. The number of rotatable bonds is 5. The summed E-state index contributed by atoms with van der Waals surface area (Å²) in [5, 5.41) is 6.99. The molecule has 0 aliphatic carbocycles. The van der Waals surface area contributed by atoms with Gasteiger partial charge in [-0.1, -0.05) is 0 Å². The molecule has 0 unspecified atom stereocenters. The molecule has 0 bridgehead atoms. The summed E-state index contributed by atoms with van der Waals surface area (Å²) in [7, 11) is 0. The number of hydrogen-bond donors (Lipinski definition) is 1. The number of amides is 1. The van der Waals surface area contributed by atoms with Gasteiger partial charge in [0.1, 0.15) is 18.7 Å². The minimum absolute atomic E-state index is 0.0446. The molecule has 0 aromatic carbocycles. The van der Waals surface area contributed by atoms with Crippen LogP contribution in [0.1, 0.15) is 26.8 Å². The molecule has 0 spiro atoms. The van der Waals surface area contributed by atoms with Gasteiger partial charge < -0.3 is 10.1 Å². The number of ether oxygens (including phenoxy) is 1. The molecular formula is C13H23N5O2. The van der Waals surface area contributed by atoms with E-state index in [1.807, 2.05) is 6.92 Å². The van der Waals surface area contributed by atoms with E-state index >= 15 is 0 Å². The number of hydrogen-bond acceptors (Lipinski definition) is 5. The van der Waals surface area contributed by atoms with Crippen molar-refractivity contribution in [1.29, 1.82) is 0 Å². The highest BCUT2D eigenvalue weighted by Crippen LogP contribution is 2.15.